The molecule has 0 aliphatic carbocycles. The van der Waals surface area contributed by atoms with Gasteiger partial charge in [0, 0.05) is 57.1 Å². The van der Waals surface area contributed by atoms with Gasteiger partial charge < -0.3 is 14.4 Å². The van der Waals surface area contributed by atoms with E-state index in [1.807, 2.05) is 42.3 Å². The van der Waals surface area contributed by atoms with Crippen molar-refractivity contribution in [3.05, 3.63) is 76.5 Å². The quantitative estimate of drug-likeness (QED) is 0.655. The number of amides is 2. The lowest BCUT2D eigenvalue weighted by molar-refractivity contribution is 0.0707. The Hall–Kier alpha value is -3.48. The van der Waals surface area contributed by atoms with Crippen LogP contribution in [0.25, 0.3) is 10.8 Å². The number of carbonyl (C=O) groups excluding carboxylic acids is 2. The molecule has 0 spiro atoms. The van der Waals surface area contributed by atoms with Crippen molar-refractivity contribution in [2.24, 2.45) is 7.05 Å². The first-order chi connectivity index (χ1) is 15.0. The predicted octanol–water partition coefficient (Wildman–Crippen LogP) is 2.70. The molecule has 1 aliphatic heterocycles. The van der Waals surface area contributed by atoms with Gasteiger partial charge in [-0.05, 0) is 36.8 Å². The highest BCUT2D eigenvalue weighted by Gasteiger charge is 2.27. The van der Waals surface area contributed by atoms with E-state index < -0.39 is 0 Å². The SMILES string of the molecule is CN(C(=O)c1nccc2ccccc12)C1CCCN(C(=O)c2ccc(=O)n(C)c2)CC1. The van der Waals surface area contributed by atoms with Gasteiger partial charge in [-0.1, -0.05) is 24.3 Å². The second-order valence-corrected chi connectivity index (χ2v) is 8.04. The van der Waals surface area contributed by atoms with E-state index in [0.717, 1.165) is 23.6 Å². The molecule has 1 aromatic carbocycles. The number of rotatable bonds is 3. The molecule has 3 aromatic rings. The number of aryl methyl sites for hydroxylation is 1. The van der Waals surface area contributed by atoms with Gasteiger partial charge in [0.1, 0.15) is 5.69 Å². The van der Waals surface area contributed by atoms with Crippen LogP contribution in [0.4, 0.5) is 0 Å². The molecule has 2 amide bonds. The third-order valence-electron chi connectivity index (χ3n) is 6.06. The first-order valence-electron chi connectivity index (χ1n) is 10.5. The molecule has 0 bridgehead atoms. The molecule has 1 unspecified atom stereocenters. The second-order valence-electron chi connectivity index (χ2n) is 8.04. The number of aromatic nitrogens is 2. The first kappa shape index (κ1) is 20.8. The molecule has 1 fully saturated rings. The Morgan fingerprint density at radius 2 is 1.87 bits per heavy atom. The molecule has 1 saturated heterocycles. The lowest BCUT2D eigenvalue weighted by Crippen LogP contribution is -2.39. The van der Waals surface area contributed by atoms with Crippen molar-refractivity contribution < 1.29 is 9.59 Å². The van der Waals surface area contributed by atoms with E-state index in [9.17, 15) is 14.4 Å². The maximum absolute atomic E-state index is 13.2. The van der Waals surface area contributed by atoms with Crippen LogP contribution in [0.15, 0.2) is 59.7 Å². The highest BCUT2D eigenvalue weighted by atomic mass is 16.2. The highest BCUT2D eigenvalue weighted by Crippen LogP contribution is 2.22. The fraction of sp³-hybridized carbons (Fsp3) is 0.333. The standard InChI is InChI=1S/C24H26N4O3/c1-26-16-18(9-10-21(26)29)23(30)28-14-5-7-19(12-15-28)27(2)24(31)22-20-8-4-3-6-17(20)11-13-25-22/h3-4,6,8-11,13,16,19H,5,7,12,14-15H2,1-2H3. The average Bonchev–Trinajstić information content (AvgIpc) is 3.05. The Labute approximate surface area is 180 Å². The molecule has 0 radical (unpaired) electrons. The van der Waals surface area contributed by atoms with Crippen molar-refractivity contribution >= 4 is 22.6 Å². The Balaban J connectivity index is 1.47. The Morgan fingerprint density at radius 3 is 2.68 bits per heavy atom. The van der Waals surface area contributed by atoms with E-state index in [4.69, 9.17) is 0 Å². The number of benzene rings is 1. The average molecular weight is 418 g/mol. The first-order valence-corrected chi connectivity index (χ1v) is 10.5. The normalized spacial score (nSPS) is 16.7. The van der Waals surface area contributed by atoms with Crippen molar-refractivity contribution in [1.82, 2.24) is 19.4 Å². The lowest BCUT2D eigenvalue weighted by Gasteiger charge is -2.27. The number of hydrogen-bond acceptors (Lipinski definition) is 4. The molecule has 31 heavy (non-hydrogen) atoms. The Morgan fingerprint density at radius 1 is 1.06 bits per heavy atom. The van der Waals surface area contributed by atoms with Crippen LogP contribution in [0.3, 0.4) is 0 Å². The zero-order chi connectivity index (χ0) is 22.0. The van der Waals surface area contributed by atoms with E-state index in [1.54, 1.807) is 30.4 Å². The van der Waals surface area contributed by atoms with E-state index in [0.29, 0.717) is 30.8 Å². The summed E-state index contributed by atoms with van der Waals surface area (Å²) in [6.07, 6.45) is 5.58. The largest absolute Gasteiger partial charge is 0.339 e. The van der Waals surface area contributed by atoms with Gasteiger partial charge in [-0.3, -0.25) is 19.4 Å². The maximum atomic E-state index is 13.2. The van der Waals surface area contributed by atoms with Gasteiger partial charge in [0.25, 0.3) is 11.8 Å². The predicted molar refractivity (Wildman–Crippen MR) is 119 cm³/mol. The third-order valence-corrected chi connectivity index (χ3v) is 6.06. The van der Waals surface area contributed by atoms with Crippen molar-refractivity contribution in [3.63, 3.8) is 0 Å². The molecule has 7 heteroatoms. The summed E-state index contributed by atoms with van der Waals surface area (Å²) in [4.78, 5) is 45.7. The molecule has 0 saturated carbocycles. The summed E-state index contributed by atoms with van der Waals surface area (Å²) in [6, 6.07) is 12.7. The molecular weight excluding hydrogens is 392 g/mol. The monoisotopic (exact) mass is 418 g/mol. The van der Waals surface area contributed by atoms with E-state index in [2.05, 4.69) is 4.98 Å². The van der Waals surface area contributed by atoms with Crippen LogP contribution in [0.1, 0.15) is 40.1 Å². The van der Waals surface area contributed by atoms with E-state index in [1.165, 1.54) is 10.6 Å². The summed E-state index contributed by atoms with van der Waals surface area (Å²) in [7, 11) is 3.46. The van der Waals surface area contributed by atoms with E-state index in [-0.39, 0.29) is 23.4 Å². The van der Waals surface area contributed by atoms with E-state index >= 15 is 0 Å². The summed E-state index contributed by atoms with van der Waals surface area (Å²) in [6.45, 7) is 1.19. The Bertz CT molecular complexity index is 1180. The molecule has 3 heterocycles. The van der Waals surface area contributed by atoms with Crippen molar-refractivity contribution in [1.29, 1.82) is 0 Å². The number of nitrogens with zero attached hydrogens (tertiary/aromatic N) is 4. The molecule has 160 valence electrons. The van der Waals surface area contributed by atoms with Gasteiger partial charge >= 0.3 is 0 Å². The minimum atomic E-state index is -0.144. The van der Waals surface area contributed by atoms with Crippen molar-refractivity contribution in [3.8, 4) is 0 Å². The summed E-state index contributed by atoms with van der Waals surface area (Å²) in [5.74, 6) is -0.180. The number of fused-ring (bicyclic) bond motifs is 1. The number of pyridine rings is 2. The van der Waals surface area contributed by atoms with Crippen LogP contribution in [0, 0.1) is 0 Å². The summed E-state index contributed by atoms with van der Waals surface area (Å²) in [5, 5.41) is 1.84. The van der Waals surface area contributed by atoms with Crippen LogP contribution in [0.2, 0.25) is 0 Å². The third kappa shape index (κ3) is 4.21. The topological polar surface area (TPSA) is 75.5 Å². The highest BCUT2D eigenvalue weighted by molar-refractivity contribution is 6.05. The molecule has 4 rings (SSSR count). The summed E-state index contributed by atoms with van der Waals surface area (Å²) in [5.41, 5.74) is 0.822. The van der Waals surface area contributed by atoms with Crippen LogP contribution < -0.4 is 5.56 Å². The zero-order valence-corrected chi connectivity index (χ0v) is 17.8. The second kappa shape index (κ2) is 8.71. The van der Waals surface area contributed by atoms with Crippen LogP contribution >= 0.6 is 0 Å². The van der Waals surface area contributed by atoms with Crippen molar-refractivity contribution in [2.75, 3.05) is 20.1 Å². The molecule has 1 aliphatic rings. The van der Waals surface area contributed by atoms with Gasteiger partial charge in [0.05, 0.1) is 5.56 Å². The van der Waals surface area contributed by atoms with Gasteiger partial charge in [0.15, 0.2) is 0 Å². The lowest BCUT2D eigenvalue weighted by atomic mass is 10.1. The van der Waals surface area contributed by atoms with Gasteiger partial charge in [-0.2, -0.15) is 0 Å². The van der Waals surface area contributed by atoms with Crippen molar-refractivity contribution in [2.45, 2.75) is 25.3 Å². The molecular formula is C24H26N4O3. The summed E-state index contributed by atoms with van der Waals surface area (Å²) < 4.78 is 1.41. The molecule has 7 nitrogen and oxygen atoms in total. The fourth-order valence-electron chi connectivity index (χ4n) is 4.20. The Kier molecular flexibility index (Phi) is 5.84. The zero-order valence-electron chi connectivity index (χ0n) is 17.8. The minimum absolute atomic E-state index is 0.0335. The smallest absolute Gasteiger partial charge is 0.273 e. The number of carbonyl (C=O) groups is 2. The summed E-state index contributed by atoms with van der Waals surface area (Å²) >= 11 is 0. The fourth-order valence-corrected chi connectivity index (χ4v) is 4.20. The number of hydrogen-bond donors (Lipinski definition) is 0. The minimum Gasteiger partial charge on any atom is -0.339 e. The van der Waals surface area contributed by atoms with Gasteiger partial charge in [-0.15, -0.1) is 0 Å². The molecule has 2 aromatic heterocycles. The van der Waals surface area contributed by atoms with Crippen LogP contribution in [-0.4, -0.2) is 57.3 Å². The van der Waals surface area contributed by atoms with Crippen LogP contribution in [0.5, 0.6) is 0 Å². The molecule has 0 N–H and O–H groups in total. The van der Waals surface area contributed by atoms with Gasteiger partial charge in [-0.25, -0.2) is 0 Å². The van der Waals surface area contributed by atoms with Gasteiger partial charge in [0.2, 0.25) is 5.56 Å². The molecule has 1 atom stereocenters. The van der Waals surface area contributed by atoms with Crippen LogP contribution in [-0.2, 0) is 7.05 Å². The maximum Gasteiger partial charge on any atom is 0.273 e. The number of likely N-dealkylation sites (tertiary alicyclic amines) is 1.